The molecule has 12 heteroatoms. The van der Waals surface area contributed by atoms with Gasteiger partial charge in [0.25, 0.3) is 0 Å². The Hall–Kier alpha value is -4.45. The third kappa shape index (κ3) is 6.57. The molecule has 2 aliphatic heterocycles. The number of fused-ring (bicyclic) bond motifs is 9. The molecule has 4 bridgehead atoms. The molecule has 0 aromatic heterocycles. The summed E-state index contributed by atoms with van der Waals surface area (Å²) in [6.07, 6.45) is 1.35. The number of anilines is 2. The van der Waals surface area contributed by atoms with Gasteiger partial charge in [0, 0.05) is 30.5 Å². The number of carbonyl (C=O) groups is 3. The summed E-state index contributed by atoms with van der Waals surface area (Å²) >= 11 is 0. The number of sulfone groups is 1. The molecule has 3 aromatic rings. The van der Waals surface area contributed by atoms with Crippen LogP contribution in [-0.2, 0) is 38.8 Å². The zero-order chi connectivity index (χ0) is 29.0. The highest BCUT2D eigenvalue weighted by molar-refractivity contribution is 7.90. The van der Waals surface area contributed by atoms with Gasteiger partial charge < -0.3 is 21.1 Å². The van der Waals surface area contributed by atoms with Crippen molar-refractivity contribution in [2.75, 3.05) is 23.5 Å². The lowest BCUT2D eigenvalue weighted by Crippen LogP contribution is -2.34. The van der Waals surface area contributed by atoms with Crippen molar-refractivity contribution >= 4 is 39.1 Å². The molecule has 10 nitrogen and oxygen atoms in total. The van der Waals surface area contributed by atoms with Crippen molar-refractivity contribution in [3.05, 3.63) is 88.2 Å². The highest BCUT2D eigenvalue weighted by Crippen LogP contribution is 2.27. The van der Waals surface area contributed by atoms with Crippen LogP contribution in [0.4, 0.5) is 20.6 Å². The molecule has 0 radical (unpaired) electrons. The van der Waals surface area contributed by atoms with E-state index in [1.807, 2.05) is 13.0 Å². The molecule has 3 amide bonds. The van der Waals surface area contributed by atoms with Gasteiger partial charge in [0.1, 0.15) is 11.9 Å². The van der Waals surface area contributed by atoms with Gasteiger partial charge in [-0.15, -0.1) is 0 Å². The summed E-state index contributed by atoms with van der Waals surface area (Å²) in [5.74, 6) is -2.04. The Morgan fingerprint density at radius 1 is 1.10 bits per heavy atom. The van der Waals surface area contributed by atoms with E-state index in [4.69, 9.17) is 10.5 Å². The van der Waals surface area contributed by atoms with E-state index < -0.39 is 39.6 Å². The minimum Gasteiger partial charge on any atom is -0.449 e. The SMILES string of the molecule is CCc1cc2ccc1CCOC(=O)Nc1ccc(S(C)(=O)=O)c(c1)CNC(=O)[C@@H]2Nc1cc(C(N)=O)ccc1F. The molecule has 0 saturated carbocycles. The molecule has 0 spiro atoms. The summed E-state index contributed by atoms with van der Waals surface area (Å²) in [5.41, 5.74) is 8.13. The fraction of sp³-hybridized carbons (Fsp3) is 0.250. The Morgan fingerprint density at radius 2 is 1.88 bits per heavy atom. The summed E-state index contributed by atoms with van der Waals surface area (Å²) in [6.45, 7) is 1.80. The lowest BCUT2D eigenvalue weighted by Gasteiger charge is -2.23. The number of halogens is 1. The Balaban J connectivity index is 1.79. The zero-order valence-corrected chi connectivity index (χ0v) is 22.7. The molecule has 3 aromatic carbocycles. The van der Waals surface area contributed by atoms with E-state index in [-0.39, 0.29) is 40.5 Å². The minimum absolute atomic E-state index is 0.0323. The maximum Gasteiger partial charge on any atom is 0.411 e. The molecular weight excluding hydrogens is 539 g/mol. The largest absolute Gasteiger partial charge is 0.449 e. The number of ether oxygens (including phenoxy) is 1. The minimum atomic E-state index is -3.68. The van der Waals surface area contributed by atoms with E-state index in [2.05, 4.69) is 16.0 Å². The average Bonchev–Trinajstić information content (AvgIpc) is 2.90. The number of benzene rings is 3. The first-order chi connectivity index (χ1) is 19.0. The standard InChI is InChI=1S/C28H29FN4O6S/c1-3-16-12-18-5-4-17(16)10-11-39-28(36)32-21-7-9-24(40(2,37)38)20(13-21)15-31-27(35)25(18)33-23-14-19(26(30)34)6-8-22(23)29/h4-9,12-14,25,33H,3,10-11,15H2,1-2H3,(H2,30,34)(H,31,35)(H,32,36)/t25-/m1/s1. The highest BCUT2D eigenvalue weighted by Gasteiger charge is 2.25. The van der Waals surface area contributed by atoms with Gasteiger partial charge in [-0.25, -0.2) is 17.6 Å². The number of carbonyl (C=O) groups excluding carboxylic acids is 3. The second kappa shape index (κ2) is 11.7. The molecule has 0 unspecified atom stereocenters. The Morgan fingerprint density at radius 3 is 2.58 bits per heavy atom. The average molecular weight is 569 g/mol. The predicted molar refractivity (Wildman–Crippen MR) is 147 cm³/mol. The van der Waals surface area contributed by atoms with Crippen molar-refractivity contribution in [3.8, 4) is 0 Å². The molecule has 5 N–H and O–H groups in total. The van der Waals surface area contributed by atoms with E-state index in [1.165, 1.54) is 30.3 Å². The normalized spacial score (nSPS) is 16.0. The number of rotatable bonds is 5. The fourth-order valence-corrected chi connectivity index (χ4v) is 5.42. The fourth-order valence-electron chi connectivity index (χ4n) is 4.49. The van der Waals surface area contributed by atoms with E-state index in [1.54, 1.807) is 12.1 Å². The van der Waals surface area contributed by atoms with Gasteiger partial charge in [0.15, 0.2) is 9.84 Å². The Kier molecular flexibility index (Phi) is 8.38. The van der Waals surface area contributed by atoms with Gasteiger partial charge in [0.05, 0.1) is 17.2 Å². The summed E-state index contributed by atoms with van der Waals surface area (Å²) in [4.78, 5) is 37.6. The van der Waals surface area contributed by atoms with Gasteiger partial charge in [-0.2, -0.15) is 0 Å². The maximum atomic E-state index is 14.8. The van der Waals surface area contributed by atoms with E-state index in [9.17, 15) is 27.2 Å². The molecule has 5 rings (SSSR count). The van der Waals surface area contributed by atoms with Crippen LogP contribution in [0.15, 0.2) is 59.5 Å². The summed E-state index contributed by atoms with van der Waals surface area (Å²) in [5, 5.41) is 8.19. The number of aryl methyl sites for hydroxylation is 1. The van der Waals surface area contributed by atoms with Crippen LogP contribution in [0.1, 0.15) is 45.6 Å². The molecular formula is C28H29FN4O6S. The highest BCUT2D eigenvalue weighted by atomic mass is 32.2. The summed E-state index contributed by atoms with van der Waals surface area (Å²) < 4.78 is 44.9. The zero-order valence-electron chi connectivity index (χ0n) is 21.9. The lowest BCUT2D eigenvalue weighted by atomic mass is 9.95. The molecule has 210 valence electrons. The van der Waals surface area contributed by atoms with Crippen molar-refractivity contribution in [2.45, 2.75) is 37.2 Å². The quantitative estimate of drug-likeness (QED) is 0.367. The topological polar surface area (TPSA) is 157 Å². The van der Waals surface area contributed by atoms with Crippen LogP contribution < -0.4 is 21.7 Å². The Labute approximate surface area is 231 Å². The second-order valence-electron chi connectivity index (χ2n) is 9.34. The van der Waals surface area contributed by atoms with Crippen LogP contribution in [-0.4, -0.2) is 39.2 Å². The van der Waals surface area contributed by atoms with Crippen molar-refractivity contribution in [3.63, 3.8) is 0 Å². The number of amides is 3. The molecule has 0 aliphatic carbocycles. The number of hydrogen-bond donors (Lipinski definition) is 4. The lowest BCUT2D eigenvalue weighted by molar-refractivity contribution is -0.122. The first-order valence-electron chi connectivity index (χ1n) is 12.5. The summed E-state index contributed by atoms with van der Waals surface area (Å²) in [7, 11) is -3.68. The van der Waals surface area contributed by atoms with Crippen molar-refractivity contribution in [1.29, 1.82) is 0 Å². The van der Waals surface area contributed by atoms with Crippen LogP contribution in [0.25, 0.3) is 0 Å². The first-order valence-corrected chi connectivity index (χ1v) is 14.4. The van der Waals surface area contributed by atoms with E-state index in [0.717, 1.165) is 23.4 Å². The molecule has 40 heavy (non-hydrogen) atoms. The van der Waals surface area contributed by atoms with Crippen molar-refractivity contribution < 1.29 is 31.9 Å². The van der Waals surface area contributed by atoms with Gasteiger partial charge in [-0.05, 0) is 65.1 Å². The first kappa shape index (κ1) is 28.6. The monoisotopic (exact) mass is 568 g/mol. The van der Waals surface area contributed by atoms with Gasteiger partial charge in [0.2, 0.25) is 11.8 Å². The number of nitrogens with two attached hydrogens (primary N) is 1. The number of nitrogens with one attached hydrogen (secondary N) is 3. The van der Waals surface area contributed by atoms with E-state index in [0.29, 0.717) is 18.4 Å². The molecule has 1 atom stereocenters. The van der Waals surface area contributed by atoms with Crippen LogP contribution in [0.2, 0.25) is 0 Å². The maximum absolute atomic E-state index is 14.8. The second-order valence-corrected chi connectivity index (χ2v) is 11.3. The number of primary amides is 1. The van der Waals surface area contributed by atoms with Crippen LogP contribution >= 0.6 is 0 Å². The van der Waals surface area contributed by atoms with Crippen molar-refractivity contribution in [1.82, 2.24) is 5.32 Å². The third-order valence-electron chi connectivity index (χ3n) is 6.52. The predicted octanol–water partition coefficient (Wildman–Crippen LogP) is 3.46. The van der Waals surface area contributed by atoms with Gasteiger partial charge in [-0.1, -0.05) is 25.1 Å². The smallest absolute Gasteiger partial charge is 0.411 e. The molecule has 0 saturated heterocycles. The number of hydrogen-bond acceptors (Lipinski definition) is 7. The molecule has 2 heterocycles. The third-order valence-corrected chi connectivity index (χ3v) is 7.72. The van der Waals surface area contributed by atoms with Crippen LogP contribution in [0, 0.1) is 5.82 Å². The van der Waals surface area contributed by atoms with Gasteiger partial charge in [-0.3, -0.25) is 14.9 Å². The van der Waals surface area contributed by atoms with Crippen molar-refractivity contribution in [2.24, 2.45) is 5.73 Å². The van der Waals surface area contributed by atoms with Crippen LogP contribution in [0.3, 0.4) is 0 Å². The van der Waals surface area contributed by atoms with Crippen LogP contribution in [0.5, 0.6) is 0 Å². The van der Waals surface area contributed by atoms with Gasteiger partial charge >= 0.3 is 6.09 Å². The molecule has 2 aliphatic rings. The molecule has 0 fully saturated rings. The van der Waals surface area contributed by atoms with E-state index >= 15 is 0 Å². The Bertz CT molecular complexity index is 1590. The summed E-state index contributed by atoms with van der Waals surface area (Å²) in [6, 6.07) is 11.9.